The van der Waals surface area contributed by atoms with Gasteiger partial charge in [0.15, 0.2) is 5.78 Å². The van der Waals surface area contributed by atoms with E-state index in [4.69, 9.17) is 10.5 Å². The van der Waals surface area contributed by atoms with E-state index in [1.54, 1.807) is 17.0 Å². The van der Waals surface area contributed by atoms with Crippen LogP contribution in [0.5, 0.6) is 5.75 Å². The van der Waals surface area contributed by atoms with Gasteiger partial charge in [0.2, 0.25) is 0 Å². The Bertz CT molecular complexity index is 1630. The molecule has 5 rings (SSSR count). The number of hydrogen-bond acceptors (Lipinski definition) is 5. The zero-order valence-corrected chi connectivity index (χ0v) is 24.6. The number of para-hydroxylation sites is 1. The fraction of sp³-hybridized carbons (Fsp3) is 0.273. The highest BCUT2D eigenvalue weighted by atomic mass is 79.9. The van der Waals surface area contributed by atoms with Crippen LogP contribution in [0.4, 0.5) is 10.1 Å². The van der Waals surface area contributed by atoms with Crippen LogP contribution in [0, 0.1) is 36.4 Å². The van der Waals surface area contributed by atoms with Crippen molar-refractivity contribution in [2.24, 2.45) is 11.1 Å². The minimum atomic E-state index is -0.629. The van der Waals surface area contributed by atoms with Crippen LogP contribution >= 0.6 is 15.9 Å². The smallest absolute Gasteiger partial charge is 0.162 e. The van der Waals surface area contributed by atoms with Crippen LogP contribution in [0.1, 0.15) is 54.9 Å². The summed E-state index contributed by atoms with van der Waals surface area (Å²) in [7, 11) is 0. The number of benzene rings is 3. The zero-order valence-electron chi connectivity index (χ0n) is 23.0. The van der Waals surface area contributed by atoms with Crippen LogP contribution in [0.3, 0.4) is 0 Å². The molecule has 5 nitrogen and oxygen atoms in total. The first-order chi connectivity index (χ1) is 19.0. The molecule has 0 saturated heterocycles. The normalized spacial score (nSPS) is 18.5. The predicted molar refractivity (Wildman–Crippen MR) is 158 cm³/mol. The Hall–Kier alpha value is -3.89. The molecule has 0 saturated carbocycles. The molecular formula is C33H31BrFN3O2. The minimum absolute atomic E-state index is 0.0233. The molecule has 3 aromatic rings. The van der Waals surface area contributed by atoms with Crippen molar-refractivity contribution in [3.05, 3.63) is 116 Å². The fourth-order valence-corrected chi connectivity index (χ4v) is 6.26. The van der Waals surface area contributed by atoms with Gasteiger partial charge in [-0.2, -0.15) is 5.26 Å². The van der Waals surface area contributed by atoms with Gasteiger partial charge in [0.05, 0.1) is 27.7 Å². The highest BCUT2D eigenvalue weighted by molar-refractivity contribution is 9.10. The van der Waals surface area contributed by atoms with Crippen LogP contribution in [0.25, 0.3) is 0 Å². The Balaban J connectivity index is 1.68. The van der Waals surface area contributed by atoms with Gasteiger partial charge in [-0.25, -0.2) is 4.39 Å². The fourth-order valence-electron chi connectivity index (χ4n) is 5.86. The van der Waals surface area contributed by atoms with Crippen molar-refractivity contribution in [3.8, 4) is 11.8 Å². The number of allylic oxidation sites excluding steroid dienone is 3. The van der Waals surface area contributed by atoms with Crippen LogP contribution in [0.15, 0.2) is 87.8 Å². The summed E-state index contributed by atoms with van der Waals surface area (Å²) in [5.41, 5.74) is 12.2. The third kappa shape index (κ3) is 5.04. The second-order valence-electron chi connectivity index (χ2n) is 11.3. The number of aryl methyl sites for hydroxylation is 1. The summed E-state index contributed by atoms with van der Waals surface area (Å²) in [5, 5.41) is 10.5. The first-order valence-corrected chi connectivity index (χ1v) is 14.0. The molecule has 1 aliphatic carbocycles. The molecule has 0 aromatic heterocycles. The van der Waals surface area contributed by atoms with Crippen molar-refractivity contribution >= 4 is 27.4 Å². The number of nitriles is 1. The zero-order chi connectivity index (χ0) is 28.8. The van der Waals surface area contributed by atoms with E-state index in [-0.39, 0.29) is 22.6 Å². The largest absolute Gasteiger partial charge is 0.488 e. The lowest BCUT2D eigenvalue weighted by molar-refractivity contribution is -0.118. The molecule has 2 N–H and O–H groups in total. The van der Waals surface area contributed by atoms with Gasteiger partial charge in [0.25, 0.3) is 0 Å². The SMILES string of the molecule is Cc1cc(COc2ccccc2Br)c(C)c(C2C(C#N)=C(N)N(c3cccc(F)c3)C3=C2C(=O)CC(C)(C)C3)c1. The number of Topliss-reactive ketones (excluding diaryl/α,β-unsaturated/α-hetero) is 1. The molecule has 1 aliphatic heterocycles. The second kappa shape index (κ2) is 10.6. The van der Waals surface area contributed by atoms with Gasteiger partial charge in [-0.1, -0.05) is 49.7 Å². The molecule has 1 heterocycles. The van der Waals surface area contributed by atoms with Crippen molar-refractivity contribution in [1.29, 1.82) is 5.26 Å². The Morgan fingerprint density at radius 1 is 1.12 bits per heavy atom. The highest BCUT2D eigenvalue weighted by Gasteiger charge is 2.45. The van der Waals surface area contributed by atoms with Gasteiger partial charge in [-0.3, -0.25) is 9.69 Å². The first kappa shape index (κ1) is 27.7. The van der Waals surface area contributed by atoms with Crippen LogP contribution in [-0.4, -0.2) is 5.78 Å². The number of nitrogens with zero attached hydrogens (tertiary/aromatic N) is 2. The average molecular weight is 601 g/mol. The Labute approximate surface area is 242 Å². The van der Waals surface area contributed by atoms with Crippen LogP contribution < -0.4 is 15.4 Å². The number of carbonyl (C=O) groups is 1. The lowest BCUT2D eigenvalue weighted by Gasteiger charge is -2.44. The van der Waals surface area contributed by atoms with E-state index in [1.807, 2.05) is 58.0 Å². The molecule has 1 unspecified atom stereocenters. The number of nitrogens with two attached hydrogens (primary N) is 1. The van der Waals surface area contributed by atoms with Crippen molar-refractivity contribution in [1.82, 2.24) is 0 Å². The maximum Gasteiger partial charge on any atom is 0.162 e. The standard InChI is InChI=1S/C33H31BrFN3O2/c1-19-12-21(18-40-29-11-6-5-10-26(29)34)20(2)24(13-19)30-25(17-36)32(37)38(23-9-7-8-22(35)14-23)27-15-33(3,4)16-28(39)31(27)30/h5-14,30H,15-16,18,37H2,1-4H3. The Kier molecular flexibility index (Phi) is 7.32. The molecule has 40 heavy (non-hydrogen) atoms. The van der Waals surface area contributed by atoms with E-state index in [2.05, 4.69) is 28.1 Å². The highest BCUT2D eigenvalue weighted by Crippen LogP contribution is 2.51. The maximum atomic E-state index is 14.3. The van der Waals surface area contributed by atoms with Gasteiger partial charge in [-0.05, 0) is 88.6 Å². The summed E-state index contributed by atoms with van der Waals surface area (Å²) in [4.78, 5) is 15.6. The number of rotatable bonds is 5. The number of ether oxygens (including phenoxy) is 1. The number of hydrogen-bond donors (Lipinski definition) is 1. The number of ketones is 1. The summed E-state index contributed by atoms with van der Waals surface area (Å²) in [6, 6.07) is 20.2. The lowest BCUT2D eigenvalue weighted by atomic mass is 9.68. The van der Waals surface area contributed by atoms with Crippen molar-refractivity contribution < 1.29 is 13.9 Å². The maximum absolute atomic E-state index is 14.3. The lowest BCUT2D eigenvalue weighted by Crippen LogP contribution is -2.42. The van der Waals surface area contributed by atoms with E-state index in [0.717, 1.165) is 38.2 Å². The van der Waals surface area contributed by atoms with Crippen LogP contribution in [-0.2, 0) is 11.4 Å². The van der Waals surface area contributed by atoms with Crippen molar-refractivity contribution in [3.63, 3.8) is 0 Å². The first-order valence-electron chi connectivity index (χ1n) is 13.2. The molecule has 0 bridgehead atoms. The van der Waals surface area contributed by atoms with Crippen molar-refractivity contribution in [2.45, 2.75) is 53.1 Å². The van der Waals surface area contributed by atoms with E-state index in [1.165, 1.54) is 12.1 Å². The van der Waals surface area contributed by atoms with E-state index in [0.29, 0.717) is 30.7 Å². The molecule has 204 valence electrons. The van der Waals surface area contributed by atoms with Gasteiger partial charge in [0, 0.05) is 17.7 Å². The average Bonchev–Trinajstić information content (AvgIpc) is 2.88. The molecule has 3 aromatic carbocycles. The molecular weight excluding hydrogens is 569 g/mol. The number of halogens is 2. The molecule has 7 heteroatoms. The van der Waals surface area contributed by atoms with Gasteiger partial charge in [0.1, 0.15) is 24.0 Å². The van der Waals surface area contributed by atoms with Gasteiger partial charge in [-0.15, -0.1) is 0 Å². The van der Waals surface area contributed by atoms with E-state index in [9.17, 15) is 14.4 Å². The Morgan fingerprint density at radius 2 is 1.88 bits per heavy atom. The molecule has 2 aliphatic rings. The summed E-state index contributed by atoms with van der Waals surface area (Å²) in [5.74, 6) is -0.127. The quantitative estimate of drug-likeness (QED) is 0.324. The molecule has 0 amide bonds. The monoisotopic (exact) mass is 599 g/mol. The summed E-state index contributed by atoms with van der Waals surface area (Å²) >= 11 is 3.53. The second-order valence-corrected chi connectivity index (χ2v) is 12.2. The molecule has 1 atom stereocenters. The summed E-state index contributed by atoms with van der Waals surface area (Å²) in [6.45, 7) is 8.39. The van der Waals surface area contributed by atoms with E-state index >= 15 is 0 Å². The van der Waals surface area contributed by atoms with Crippen molar-refractivity contribution in [2.75, 3.05) is 4.90 Å². The van der Waals surface area contributed by atoms with Gasteiger partial charge >= 0.3 is 0 Å². The van der Waals surface area contributed by atoms with Crippen LogP contribution in [0.2, 0.25) is 0 Å². The van der Waals surface area contributed by atoms with Gasteiger partial charge < -0.3 is 10.5 Å². The molecule has 0 radical (unpaired) electrons. The van der Waals surface area contributed by atoms with E-state index < -0.39 is 11.7 Å². The molecule has 0 spiro atoms. The summed E-state index contributed by atoms with van der Waals surface area (Å²) in [6.07, 6.45) is 0.907. The molecule has 0 fully saturated rings. The minimum Gasteiger partial charge on any atom is -0.488 e. The number of anilines is 1. The number of carbonyl (C=O) groups excluding carboxylic acids is 1. The topological polar surface area (TPSA) is 79.3 Å². The summed E-state index contributed by atoms with van der Waals surface area (Å²) < 4.78 is 21.3. The third-order valence-corrected chi connectivity index (χ3v) is 8.33. The Morgan fingerprint density at radius 3 is 2.58 bits per heavy atom. The third-order valence-electron chi connectivity index (χ3n) is 7.68. The predicted octanol–water partition coefficient (Wildman–Crippen LogP) is 7.72.